The number of hydrogen-bond donors (Lipinski definition) is 2. The summed E-state index contributed by atoms with van der Waals surface area (Å²) in [6, 6.07) is 3.59. The third-order valence-corrected chi connectivity index (χ3v) is 3.75. The maximum Gasteiger partial charge on any atom is 0.293 e. The zero-order valence-electron chi connectivity index (χ0n) is 9.20. The van der Waals surface area contributed by atoms with Crippen molar-refractivity contribution in [2.75, 3.05) is 4.72 Å². The van der Waals surface area contributed by atoms with Gasteiger partial charge in [0.2, 0.25) is 0 Å². The van der Waals surface area contributed by atoms with E-state index in [1.165, 1.54) is 6.07 Å². The van der Waals surface area contributed by atoms with Crippen molar-refractivity contribution in [1.29, 1.82) is 0 Å². The molecule has 0 aliphatic carbocycles. The number of aromatic amines is 1. The van der Waals surface area contributed by atoms with Gasteiger partial charge in [0, 0.05) is 17.3 Å². The van der Waals surface area contributed by atoms with E-state index in [1.54, 1.807) is 0 Å². The molecule has 0 fully saturated rings. The molecule has 19 heavy (non-hydrogen) atoms. The molecule has 0 saturated carbocycles. The maximum atomic E-state index is 11.9. The first kappa shape index (κ1) is 13.3. The molecule has 0 bridgehead atoms. The summed E-state index contributed by atoms with van der Waals surface area (Å²) >= 11 is 5.70. The number of nitrogens with zero attached hydrogens (tertiary/aromatic N) is 2. The van der Waals surface area contributed by atoms with Crippen molar-refractivity contribution in [2.45, 2.75) is 4.90 Å². The Hall–Kier alpha value is -2.13. The molecule has 0 spiro atoms. The maximum absolute atomic E-state index is 11.9. The molecular formula is C9H7ClN4O4S. The summed E-state index contributed by atoms with van der Waals surface area (Å²) in [5.74, 6) is 0. The van der Waals surface area contributed by atoms with E-state index in [0.717, 1.165) is 24.5 Å². The van der Waals surface area contributed by atoms with Gasteiger partial charge in [-0.2, -0.15) is 5.10 Å². The average Bonchev–Trinajstić information content (AvgIpc) is 2.81. The molecule has 1 aromatic heterocycles. The number of aromatic nitrogens is 2. The molecule has 0 aliphatic rings. The van der Waals surface area contributed by atoms with Gasteiger partial charge >= 0.3 is 0 Å². The lowest BCUT2D eigenvalue weighted by molar-refractivity contribution is -0.383. The molecule has 0 radical (unpaired) electrons. The molecule has 0 atom stereocenters. The van der Waals surface area contributed by atoms with Crippen LogP contribution in [0.5, 0.6) is 0 Å². The summed E-state index contributed by atoms with van der Waals surface area (Å²) in [5, 5.41) is 16.8. The number of H-pyrrole nitrogens is 1. The third-order valence-electron chi connectivity index (χ3n) is 2.18. The first-order chi connectivity index (χ1) is 8.90. The van der Waals surface area contributed by atoms with Crippen molar-refractivity contribution in [3.8, 4) is 0 Å². The van der Waals surface area contributed by atoms with Gasteiger partial charge in [-0.1, -0.05) is 11.6 Å². The highest BCUT2D eigenvalue weighted by atomic mass is 35.5. The normalized spacial score (nSPS) is 11.2. The zero-order valence-corrected chi connectivity index (χ0v) is 10.8. The second-order valence-electron chi connectivity index (χ2n) is 3.46. The van der Waals surface area contributed by atoms with Crippen LogP contribution in [0.3, 0.4) is 0 Å². The van der Waals surface area contributed by atoms with Crippen LogP contribution in [-0.2, 0) is 10.0 Å². The van der Waals surface area contributed by atoms with Crippen molar-refractivity contribution in [3.63, 3.8) is 0 Å². The molecule has 10 heteroatoms. The van der Waals surface area contributed by atoms with E-state index in [1.807, 2.05) is 0 Å². The summed E-state index contributed by atoms with van der Waals surface area (Å²) in [7, 11) is -3.95. The quantitative estimate of drug-likeness (QED) is 0.659. The van der Waals surface area contributed by atoms with Gasteiger partial charge in [0.25, 0.3) is 15.7 Å². The van der Waals surface area contributed by atoms with Crippen molar-refractivity contribution in [3.05, 3.63) is 45.7 Å². The van der Waals surface area contributed by atoms with Gasteiger partial charge in [-0.15, -0.1) is 0 Å². The largest absolute Gasteiger partial charge is 0.293 e. The topological polar surface area (TPSA) is 118 Å². The number of nitro benzene ring substituents is 1. The minimum Gasteiger partial charge on any atom is -0.284 e. The number of hydrogen-bond acceptors (Lipinski definition) is 5. The lowest BCUT2D eigenvalue weighted by atomic mass is 10.3. The highest BCUT2D eigenvalue weighted by Gasteiger charge is 2.21. The Bertz CT molecular complexity index is 714. The van der Waals surface area contributed by atoms with Crippen LogP contribution in [0.15, 0.2) is 35.5 Å². The summed E-state index contributed by atoms with van der Waals surface area (Å²) < 4.78 is 25.9. The number of anilines is 1. The SMILES string of the molecule is O=[N+]([O-])c1ccc(Cl)cc1NS(=O)(=O)c1cn[nH]c1. The van der Waals surface area contributed by atoms with Crippen LogP contribution in [0.2, 0.25) is 5.02 Å². The molecule has 8 nitrogen and oxygen atoms in total. The van der Waals surface area contributed by atoms with Gasteiger partial charge in [-0.25, -0.2) is 8.42 Å². The van der Waals surface area contributed by atoms with E-state index in [4.69, 9.17) is 11.6 Å². The van der Waals surface area contributed by atoms with Crippen LogP contribution in [0, 0.1) is 10.1 Å². The van der Waals surface area contributed by atoms with E-state index in [2.05, 4.69) is 14.9 Å². The van der Waals surface area contributed by atoms with Gasteiger partial charge in [0.1, 0.15) is 10.6 Å². The van der Waals surface area contributed by atoms with Crippen LogP contribution >= 0.6 is 11.6 Å². The predicted molar refractivity (Wildman–Crippen MR) is 67.5 cm³/mol. The molecule has 0 unspecified atom stereocenters. The van der Waals surface area contributed by atoms with E-state index in [9.17, 15) is 18.5 Å². The lowest BCUT2D eigenvalue weighted by Gasteiger charge is -2.07. The first-order valence-corrected chi connectivity index (χ1v) is 6.72. The highest BCUT2D eigenvalue weighted by molar-refractivity contribution is 7.92. The van der Waals surface area contributed by atoms with Crippen LogP contribution < -0.4 is 4.72 Å². The molecule has 1 aromatic carbocycles. The molecule has 2 rings (SSSR count). The number of halogens is 1. The Balaban J connectivity index is 2.44. The second kappa shape index (κ2) is 4.86. The van der Waals surface area contributed by atoms with Crippen LogP contribution in [-0.4, -0.2) is 23.5 Å². The molecule has 2 N–H and O–H groups in total. The molecule has 0 saturated heterocycles. The summed E-state index contributed by atoms with van der Waals surface area (Å²) in [6.07, 6.45) is 2.23. The van der Waals surface area contributed by atoms with E-state index in [-0.39, 0.29) is 15.6 Å². The molecular weight excluding hydrogens is 296 g/mol. The van der Waals surface area contributed by atoms with Crippen molar-refractivity contribution in [1.82, 2.24) is 10.2 Å². The monoisotopic (exact) mass is 302 g/mol. The standard InChI is InChI=1S/C9H7ClN4O4S/c10-6-1-2-9(14(15)16)8(3-6)13-19(17,18)7-4-11-12-5-7/h1-5,13H,(H,11,12). The predicted octanol–water partition coefficient (Wildman–Crippen LogP) is 1.77. The van der Waals surface area contributed by atoms with Crippen LogP contribution in [0.1, 0.15) is 0 Å². The lowest BCUT2D eigenvalue weighted by Crippen LogP contribution is -2.13. The number of nitrogens with one attached hydrogen (secondary N) is 2. The molecule has 2 aromatic rings. The number of nitro groups is 1. The van der Waals surface area contributed by atoms with Crippen LogP contribution in [0.25, 0.3) is 0 Å². The van der Waals surface area contributed by atoms with Gasteiger partial charge in [0.05, 0.1) is 11.1 Å². The minimum absolute atomic E-state index is 0.137. The van der Waals surface area contributed by atoms with Crippen molar-refractivity contribution in [2.24, 2.45) is 0 Å². The Kier molecular flexibility index (Phi) is 3.40. The van der Waals surface area contributed by atoms with Gasteiger partial charge in [0.15, 0.2) is 0 Å². The Morgan fingerprint density at radius 2 is 2.16 bits per heavy atom. The van der Waals surface area contributed by atoms with Gasteiger partial charge in [-0.3, -0.25) is 19.9 Å². The summed E-state index contributed by atoms with van der Waals surface area (Å²) in [6.45, 7) is 0. The number of benzene rings is 1. The fourth-order valence-electron chi connectivity index (χ4n) is 1.34. The van der Waals surface area contributed by atoms with E-state index >= 15 is 0 Å². The molecule has 0 aliphatic heterocycles. The molecule has 1 heterocycles. The smallest absolute Gasteiger partial charge is 0.284 e. The van der Waals surface area contributed by atoms with Crippen molar-refractivity contribution < 1.29 is 13.3 Å². The Morgan fingerprint density at radius 1 is 1.42 bits per heavy atom. The average molecular weight is 303 g/mol. The zero-order chi connectivity index (χ0) is 14.0. The minimum atomic E-state index is -3.95. The Morgan fingerprint density at radius 3 is 2.74 bits per heavy atom. The summed E-state index contributed by atoms with van der Waals surface area (Å²) in [5.41, 5.74) is -0.602. The summed E-state index contributed by atoms with van der Waals surface area (Å²) in [4.78, 5) is 9.97. The number of sulfonamides is 1. The molecule has 0 amide bonds. The fourth-order valence-corrected chi connectivity index (χ4v) is 2.48. The highest BCUT2D eigenvalue weighted by Crippen LogP contribution is 2.29. The first-order valence-electron chi connectivity index (χ1n) is 4.86. The van der Waals surface area contributed by atoms with Gasteiger partial charge < -0.3 is 0 Å². The van der Waals surface area contributed by atoms with Crippen molar-refractivity contribution >= 4 is 33.0 Å². The third kappa shape index (κ3) is 2.83. The van der Waals surface area contributed by atoms with E-state index < -0.39 is 20.6 Å². The van der Waals surface area contributed by atoms with E-state index in [0.29, 0.717) is 0 Å². The van der Waals surface area contributed by atoms with Crippen LogP contribution in [0.4, 0.5) is 11.4 Å². The van der Waals surface area contributed by atoms with Gasteiger partial charge in [-0.05, 0) is 12.1 Å². The molecule has 100 valence electrons. The second-order valence-corrected chi connectivity index (χ2v) is 5.58. The fraction of sp³-hybridized carbons (Fsp3) is 0. The Labute approximate surface area is 112 Å². The number of rotatable bonds is 4.